The Balaban J connectivity index is 2.15. The number of anilines is 1. The predicted octanol–water partition coefficient (Wildman–Crippen LogP) is 4.12. The Labute approximate surface area is 123 Å². The Hall–Kier alpha value is -1.22. The first-order valence-corrected chi connectivity index (χ1v) is 6.70. The van der Waals surface area contributed by atoms with E-state index < -0.39 is 0 Å². The molecule has 0 aromatic heterocycles. The lowest BCUT2D eigenvalue weighted by Gasteiger charge is -2.21. The molecule has 0 fully saturated rings. The van der Waals surface area contributed by atoms with E-state index in [4.69, 9.17) is 28.3 Å². The molecule has 100 valence electrons. The van der Waals surface area contributed by atoms with Crippen LogP contribution < -0.4 is 4.90 Å². The van der Waals surface area contributed by atoms with Gasteiger partial charge in [-0.3, -0.25) is 0 Å². The minimum absolute atomic E-state index is 0.000892. The summed E-state index contributed by atoms with van der Waals surface area (Å²) in [5, 5.41) is 10.4. The van der Waals surface area contributed by atoms with E-state index in [-0.39, 0.29) is 6.61 Å². The zero-order valence-corrected chi connectivity index (χ0v) is 12.1. The molecule has 0 spiro atoms. The number of hydrogen-bond acceptors (Lipinski definition) is 2. The first-order valence-electron chi connectivity index (χ1n) is 5.95. The minimum Gasteiger partial charge on any atom is -0.392 e. The topological polar surface area (TPSA) is 23.5 Å². The lowest BCUT2D eigenvalue weighted by atomic mass is 10.1. The van der Waals surface area contributed by atoms with E-state index in [2.05, 4.69) is 4.90 Å². The first kappa shape index (κ1) is 14.2. The number of aliphatic hydroxyl groups excluding tert-OH is 1. The number of aliphatic hydroxyl groups is 1. The molecule has 0 aliphatic rings. The van der Waals surface area contributed by atoms with Crippen LogP contribution in [0.1, 0.15) is 11.1 Å². The molecule has 0 aliphatic heterocycles. The Morgan fingerprint density at radius 2 is 1.63 bits per heavy atom. The second-order valence-electron chi connectivity index (χ2n) is 4.43. The van der Waals surface area contributed by atoms with E-state index in [1.54, 1.807) is 6.07 Å². The molecule has 0 bridgehead atoms. The van der Waals surface area contributed by atoms with E-state index in [0.717, 1.165) is 28.4 Å². The van der Waals surface area contributed by atoms with Crippen LogP contribution in [0.5, 0.6) is 0 Å². The molecule has 0 heterocycles. The summed E-state index contributed by atoms with van der Waals surface area (Å²) in [6.07, 6.45) is 0. The van der Waals surface area contributed by atoms with Crippen molar-refractivity contribution in [1.29, 1.82) is 0 Å². The van der Waals surface area contributed by atoms with Crippen molar-refractivity contribution in [2.45, 2.75) is 13.2 Å². The Bertz CT molecular complexity index is 555. The first-order chi connectivity index (χ1) is 9.10. The normalized spacial score (nSPS) is 10.5. The van der Waals surface area contributed by atoms with Crippen molar-refractivity contribution >= 4 is 28.9 Å². The molecule has 2 rings (SSSR count). The van der Waals surface area contributed by atoms with Crippen molar-refractivity contribution in [2.75, 3.05) is 11.9 Å². The highest BCUT2D eigenvalue weighted by atomic mass is 35.5. The number of nitrogens with zero attached hydrogens (tertiary/aromatic N) is 1. The fourth-order valence-electron chi connectivity index (χ4n) is 1.91. The van der Waals surface area contributed by atoms with Crippen molar-refractivity contribution in [1.82, 2.24) is 0 Å². The van der Waals surface area contributed by atoms with Crippen LogP contribution in [0, 0.1) is 0 Å². The Kier molecular flexibility index (Phi) is 4.70. The third-order valence-corrected chi connectivity index (χ3v) is 3.49. The highest BCUT2D eigenvalue weighted by molar-refractivity contribution is 6.33. The zero-order chi connectivity index (χ0) is 13.8. The highest BCUT2D eigenvalue weighted by Crippen LogP contribution is 2.27. The maximum absolute atomic E-state index is 9.07. The molecule has 0 radical (unpaired) electrons. The van der Waals surface area contributed by atoms with Crippen molar-refractivity contribution in [3.63, 3.8) is 0 Å². The maximum atomic E-state index is 9.07. The van der Waals surface area contributed by atoms with Gasteiger partial charge in [-0.1, -0.05) is 41.4 Å². The van der Waals surface area contributed by atoms with Gasteiger partial charge in [0.25, 0.3) is 0 Å². The van der Waals surface area contributed by atoms with Gasteiger partial charge in [0.2, 0.25) is 0 Å². The van der Waals surface area contributed by atoms with Gasteiger partial charge in [-0.15, -0.1) is 0 Å². The third-order valence-electron chi connectivity index (χ3n) is 2.94. The molecule has 0 aliphatic carbocycles. The largest absolute Gasteiger partial charge is 0.392 e. The molecule has 2 aromatic carbocycles. The average molecular weight is 296 g/mol. The summed E-state index contributed by atoms with van der Waals surface area (Å²) in [5.41, 5.74) is 2.91. The van der Waals surface area contributed by atoms with Crippen molar-refractivity contribution in [3.05, 3.63) is 63.6 Å². The van der Waals surface area contributed by atoms with Crippen LogP contribution >= 0.6 is 23.2 Å². The number of benzene rings is 2. The number of rotatable bonds is 4. The van der Waals surface area contributed by atoms with Gasteiger partial charge in [0.15, 0.2) is 0 Å². The monoisotopic (exact) mass is 295 g/mol. The third kappa shape index (κ3) is 3.63. The van der Waals surface area contributed by atoms with Crippen LogP contribution in [-0.4, -0.2) is 12.2 Å². The summed E-state index contributed by atoms with van der Waals surface area (Å²) in [6, 6.07) is 13.3. The van der Waals surface area contributed by atoms with Gasteiger partial charge in [-0.05, 0) is 35.4 Å². The smallest absolute Gasteiger partial charge is 0.0682 e. The van der Waals surface area contributed by atoms with Gasteiger partial charge in [-0.2, -0.15) is 0 Å². The molecule has 0 saturated carbocycles. The predicted molar refractivity (Wildman–Crippen MR) is 80.9 cm³/mol. The van der Waals surface area contributed by atoms with E-state index in [1.165, 1.54) is 0 Å². The van der Waals surface area contributed by atoms with Crippen LogP contribution in [0.25, 0.3) is 0 Å². The lowest BCUT2D eigenvalue weighted by Crippen LogP contribution is -2.16. The molecule has 0 unspecified atom stereocenters. The molecule has 0 atom stereocenters. The van der Waals surface area contributed by atoms with Gasteiger partial charge in [-0.25, -0.2) is 0 Å². The quantitative estimate of drug-likeness (QED) is 0.917. The molecule has 0 amide bonds. The lowest BCUT2D eigenvalue weighted by molar-refractivity contribution is 0.282. The molecular formula is C15H15Cl2NO. The molecule has 1 N–H and O–H groups in total. The maximum Gasteiger partial charge on any atom is 0.0682 e. The molecule has 2 nitrogen and oxygen atoms in total. The van der Waals surface area contributed by atoms with Crippen LogP contribution in [0.4, 0.5) is 5.69 Å². The summed E-state index contributed by atoms with van der Waals surface area (Å²) in [4.78, 5) is 2.06. The Morgan fingerprint density at radius 1 is 1.00 bits per heavy atom. The fourth-order valence-corrected chi connectivity index (χ4v) is 2.38. The zero-order valence-electron chi connectivity index (χ0n) is 10.6. The van der Waals surface area contributed by atoms with E-state index in [1.807, 2.05) is 43.4 Å². The van der Waals surface area contributed by atoms with Gasteiger partial charge in [0, 0.05) is 18.6 Å². The Morgan fingerprint density at radius 3 is 2.21 bits per heavy atom. The van der Waals surface area contributed by atoms with Crippen LogP contribution in [-0.2, 0) is 13.2 Å². The highest BCUT2D eigenvalue weighted by Gasteiger charge is 2.07. The molecule has 4 heteroatoms. The van der Waals surface area contributed by atoms with Crippen LogP contribution in [0.15, 0.2) is 42.5 Å². The minimum atomic E-state index is 0.000892. The van der Waals surface area contributed by atoms with Crippen molar-refractivity contribution in [2.24, 2.45) is 0 Å². The van der Waals surface area contributed by atoms with Gasteiger partial charge in [0.05, 0.1) is 17.3 Å². The summed E-state index contributed by atoms with van der Waals surface area (Å²) < 4.78 is 0. The second-order valence-corrected chi connectivity index (χ2v) is 5.27. The average Bonchev–Trinajstić information content (AvgIpc) is 2.41. The van der Waals surface area contributed by atoms with E-state index in [0.29, 0.717) is 5.02 Å². The molecule has 0 saturated heterocycles. The molecular weight excluding hydrogens is 281 g/mol. The van der Waals surface area contributed by atoms with E-state index >= 15 is 0 Å². The number of halogens is 2. The summed E-state index contributed by atoms with van der Waals surface area (Å²) in [5.74, 6) is 0. The van der Waals surface area contributed by atoms with Gasteiger partial charge in [0.1, 0.15) is 0 Å². The van der Waals surface area contributed by atoms with Crippen molar-refractivity contribution < 1.29 is 5.11 Å². The molecule has 19 heavy (non-hydrogen) atoms. The number of hydrogen-bond donors (Lipinski definition) is 1. The molecule has 2 aromatic rings. The van der Waals surface area contributed by atoms with Crippen molar-refractivity contribution in [3.8, 4) is 0 Å². The van der Waals surface area contributed by atoms with E-state index in [9.17, 15) is 0 Å². The standard InChI is InChI=1S/C15H15Cl2NO/c1-18(9-11-2-5-13(16)6-3-11)15-7-4-12(10-19)8-14(15)17/h2-8,19H,9-10H2,1H3. The summed E-state index contributed by atoms with van der Waals surface area (Å²) in [6.45, 7) is 0.746. The van der Waals surface area contributed by atoms with Crippen LogP contribution in [0.3, 0.4) is 0 Å². The second kappa shape index (κ2) is 6.29. The fraction of sp³-hybridized carbons (Fsp3) is 0.200. The summed E-state index contributed by atoms with van der Waals surface area (Å²) in [7, 11) is 1.98. The summed E-state index contributed by atoms with van der Waals surface area (Å²) >= 11 is 12.1. The SMILES string of the molecule is CN(Cc1ccc(Cl)cc1)c1ccc(CO)cc1Cl. The van der Waals surface area contributed by atoms with Crippen LogP contribution in [0.2, 0.25) is 10.0 Å². The van der Waals surface area contributed by atoms with Gasteiger partial charge < -0.3 is 10.0 Å². The van der Waals surface area contributed by atoms with Gasteiger partial charge >= 0.3 is 0 Å².